The number of aromatic nitrogens is 4. The van der Waals surface area contributed by atoms with Crippen molar-refractivity contribution >= 4 is 27.2 Å². The van der Waals surface area contributed by atoms with Crippen LogP contribution in [0.1, 0.15) is 20.8 Å². The first-order valence-corrected chi connectivity index (χ1v) is 11.0. The van der Waals surface area contributed by atoms with E-state index in [1.165, 1.54) is 12.3 Å². The second-order valence-corrected chi connectivity index (χ2v) is 9.77. The van der Waals surface area contributed by atoms with Gasteiger partial charge in [0.25, 0.3) is 0 Å². The van der Waals surface area contributed by atoms with Gasteiger partial charge in [-0.2, -0.15) is 0 Å². The summed E-state index contributed by atoms with van der Waals surface area (Å²) in [5.41, 5.74) is 2.01. The molecule has 0 radical (unpaired) electrons. The highest BCUT2D eigenvalue weighted by atomic mass is 32.2. The highest BCUT2D eigenvalue weighted by Crippen LogP contribution is 2.25. The van der Waals surface area contributed by atoms with Crippen molar-refractivity contribution in [3.63, 3.8) is 0 Å². The molecule has 160 valence electrons. The molecule has 0 amide bonds. The molecule has 3 heterocycles. The quantitative estimate of drug-likeness (QED) is 0.441. The van der Waals surface area contributed by atoms with E-state index in [0.29, 0.717) is 17.2 Å². The minimum atomic E-state index is -3.67. The molecule has 3 N–H and O–H groups in total. The zero-order valence-electron chi connectivity index (χ0n) is 17.2. The molecule has 3 aromatic heterocycles. The van der Waals surface area contributed by atoms with Crippen LogP contribution in [0.3, 0.4) is 0 Å². The van der Waals surface area contributed by atoms with Crippen LogP contribution in [0.4, 0.5) is 11.6 Å². The normalized spacial score (nSPS) is 12.2. The van der Waals surface area contributed by atoms with Crippen LogP contribution in [0.15, 0.2) is 70.6 Å². The maximum absolute atomic E-state index is 12.7. The molecule has 0 bridgehead atoms. The Bertz CT molecular complexity index is 1400. The van der Waals surface area contributed by atoms with Crippen molar-refractivity contribution in [3.8, 4) is 11.3 Å². The van der Waals surface area contributed by atoms with E-state index in [9.17, 15) is 13.2 Å². The molecule has 0 spiro atoms. The molecule has 0 aliphatic rings. The number of sulfonamides is 1. The smallest absolute Gasteiger partial charge is 0.248 e. The third kappa shape index (κ3) is 4.65. The molecule has 31 heavy (non-hydrogen) atoms. The minimum absolute atomic E-state index is 0.176. The Balaban J connectivity index is 1.71. The van der Waals surface area contributed by atoms with Gasteiger partial charge < -0.3 is 10.3 Å². The summed E-state index contributed by atoms with van der Waals surface area (Å²) < 4.78 is 29.8. The fourth-order valence-corrected chi connectivity index (χ4v) is 4.54. The van der Waals surface area contributed by atoms with Gasteiger partial charge in [0.1, 0.15) is 0 Å². The fraction of sp³-hybridized carbons (Fsp3) is 0.190. The summed E-state index contributed by atoms with van der Waals surface area (Å²) in [6.45, 7) is 5.38. The van der Waals surface area contributed by atoms with E-state index in [2.05, 4.69) is 25.1 Å². The lowest BCUT2D eigenvalue weighted by atomic mass is 10.1. The van der Waals surface area contributed by atoms with Crippen LogP contribution < -0.4 is 15.6 Å². The van der Waals surface area contributed by atoms with Crippen molar-refractivity contribution in [3.05, 3.63) is 71.3 Å². The lowest BCUT2D eigenvalue weighted by molar-refractivity contribution is 0.491. The zero-order chi connectivity index (χ0) is 22.2. The summed E-state index contributed by atoms with van der Waals surface area (Å²) in [5, 5.41) is 7.55. The largest absolute Gasteiger partial charge is 0.327 e. The summed E-state index contributed by atoms with van der Waals surface area (Å²) in [5.74, 6) is 0.329. The summed E-state index contributed by atoms with van der Waals surface area (Å²) in [6, 6.07) is 13.4. The van der Waals surface area contributed by atoms with Gasteiger partial charge in [0.05, 0.1) is 28.0 Å². The van der Waals surface area contributed by atoms with Crippen LogP contribution in [-0.4, -0.2) is 33.5 Å². The molecule has 0 saturated heterocycles. The molecule has 0 saturated carbocycles. The highest BCUT2D eigenvalue weighted by Gasteiger charge is 2.22. The zero-order valence-corrected chi connectivity index (χ0v) is 18.1. The Morgan fingerprint density at radius 1 is 1.06 bits per heavy atom. The van der Waals surface area contributed by atoms with Gasteiger partial charge in [-0.15, -0.1) is 5.10 Å². The number of H-pyrrole nitrogens is 1. The standard InChI is InChI=1S/C21H22N6O3S/c1-21(2,3)26-31(29,30)17-6-4-5-14(11-17)18-9-8-16-13-23-20(25-27(16)18)24-15-7-10-19(28)22-12-15/h4-13,26H,1-3H3,(H,22,28)(H,24,25). The average molecular weight is 439 g/mol. The molecule has 4 aromatic rings. The molecule has 4 rings (SSSR count). The molecule has 0 atom stereocenters. The van der Waals surface area contributed by atoms with E-state index in [-0.39, 0.29) is 10.5 Å². The Morgan fingerprint density at radius 3 is 2.58 bits per heavy atom. The van der Waals surface area contributed by atoms with Gasteiger partial charge in [0, 0.05) is 23.4 Å². The highest BCUT2D eigenvalue weighted by molar-refractivity contribution is 7.89. The summed E-state index contributed by atoms with van der Waals surface area (Å²) >= 11 is 0. The van der Waals surface area contributed by atoms with Gasteiger partial charge in [0.2, 0.25) is 21.5 Å². The molecule has 9 nitrogen and oxygen atoms in total. The number of hydrogen-bond acceptors (Lipinski definition) is 6. The third-order valence-corrected chi connectivity index (χ3v) is 6.08. The number of anilines is 2. The monoisotopic (exact) mass is 438 g/mol. The second kappa shape index (κ2) is 7.64. The molecular formula is C21H22N6O3S. The van der Waals surface area contributed by atoms with Crippen LogP contribution >= 0.6 is 0 Å². The van der Waals surface area contributed by atoms with Crippen LogP contribution in [-0.2, 0) is 10.0 Å². The van der Waals surface area contributed by atoms with Crippen molar-refractivity contribution in [1.29, 1.82) is 0 Å². The number of nitrogens with zero attached hydrogens (tertiary/aromatic N) is 3. The average Bonchev–Trinajstić information content (AvgIpc) is 3.11. The number of pyridine rings is 1. The van der Waals surface area contributed by atoms with Crippen LogP contribution in [0, 0.1) is 0 Å². The number of aromatic amines is 1. The Hall–Kier alpha value is -3.50. The third-order valence-electron chi connectivity index (χ3n) is 4.32. The Morgan fingerprint density at radius 2 is 1.87 bits per heavy atom. The predicted octanol–water partition coefficient (Wildman–Crippen LogP) is 2.91. The van der Waals surface area contributed by atoms with E-state index in [1.54, 1.807) is 55.7 Å². The molecule has 0 aliphatic carbocycles. The first-order valence-electron chi connectivity index (χ1n) is 9.56. The first kappa shape index (κ1) is 20.8. The Labute approximate surface area is 179 Å². The molecule has 1 aromatic carbocycles. The SMILES string of the molecule is CC(C)(C)NS(=O)(=O)c1cccc(-c2ccc3cnc(Nc4ccc(=O)[nH]c4)nn23)c1. The number of benzene rings is 1. The van der Waals surface area contributed by atoms with E-state index in [0.717, 1.165) is 11.2 Å². The second-order valence-electron chi connectivity index (χ2n) is 8.09. The minimum Gasteiger partial charge on any atom is -0.327 e. The molecular weight excluding hydrogens is 416 g/mol. The van der Waals surface area contributed by atoms with Gasteiger partial charge >= 0.3 is 0 Å². The summed E-state index contributed by atoms with van der Waals surface area (Å²) in [6.07, 6.45) is 3.19. The lowest BCUT2D eigenvalue weighted by Gasteiger charge is -2.20. The fourth-order valence-electron chi connectivity index (χ4n) is 3.08. The maximum Gasteiger partial charge on any atom is 0.248 e. The molecule has 10 heteroatoms. The molecule has 0 fully saturated rings. The first-order chi connectivity index (χ1) is 14.6. The predicted molar refractivity (Wildman–Crippen MR) is 119 cm³/mol. The van der Waals surface area contributed by atoms with Crippen LogP contribution in [0.5, 0.6) is 0 Å². The number of fused-ring (bicyclic) bond motifs is 1. The van der Waals surface area contributed by atoms with Gasteiger partial charge in [-0.1, -0.05) is 12.1 Å². The van der Waals surface area contributed by atoms with Crippen molar-refractivity contribution < 1.29 is 8.42 Å². The van der Waals surface area contributed by atoms with Crippen molar-refractivity contribution in [2.24, 2.45) is 0 Å². The van der Waals surface area contributed by atoms with E-state index in [4.69, 9.17) is 0 Å². The lowest BCUT2D eigenvalue weighted by Crippen LogP contribution is -2.40. The van der Waals surface area contributed by atoms with E-state index >= 15 is 0 Å². The van der Waals surface area contributed by atoms with Crippen molar-refractivity contribution in [2.45, 2.75) is 31.2 Å². The van der Waals surface area contributed by atoms with Crippen LogP contribution in [0.25, 0.3) is 16.8 Å². The van der Waals surface area contributed by atoms with Gasteiger partial charge in [-0.3, -0.25) is 4.79 Å². The van der Waals surface area contributed by atoms with E-state index in [1.807, 2.05) is 18.2 Å². The molecule has 0 aliphatic heterocycles. The summed E-state index contributed by atoms with van der Waals surface area (Å²) in [7, 11) is -3.67. The van der Waals surface area contributed by atoms with Gasteiger partial charge in [0.15, 0.2) is 0 Å². The van der Waals surface area contributed by atoms with Gasteiger partial charge in [-0.25, -0.2) is 22.6 Å². The molecule has 0 unspecified atom stereocenters. The maximum atomic E-state index is 12.7. The van der Waals surface area contributed by atoms with Gasteiger partial charge in [-0.05, 0) is 51.1 Å². The van der Waals surface area contributed by atoms with Crippen molar-refractivity contribution in [1.82, 2.24) is 24.3 Å². The number of rotatable bonds is 5. The number of hydrogen-bond donors (Lipinski definition) is 3. The number of nitrogens with one attached hydrogen (secondary N) is 3. The Kier molecular flexibility index (Phi) is 5.11. The van der Waals surface area contributed by atoms with Crippen LogP contribution in [0.2, 0.25) is 0 Å². The van der Waals surface area contributed by atoms with Crippen molar-refractivity contribution in [2.75, 3.05) is 5.32 Å². The topological polar surface area (TPSA) is 121 Å². The van der Waals surface area contributed by atoms with E-state index < -0.39 is 15.6 Å². The summed E-state index contributed by atoms with van der Waals surface area (Å²) in [4.78, 5) is 18.3.